The first-order valence-electron chi connectivity index (χ1n) is 14.6. The molecule has 230 valence electrons. The summed E-state index contributed by atoms with van der Waals surface area (Å²) in [5.41, 5.74) is 6.57. The molecule has 9 heteroatoms. The number of rotatable bonds is 16. The zero-order valence-corrected chi connectivity index (χ0v) is 26.9. The molecule has 1 aromatic rings. The lowest BCUT2D eigenvalue weighted by Gasteiger charge is -2.22. The highest BCUT2D eigenvalue weighted by atomic mass is 32.2. The van der Waals surface area contributed by atoms with Crippen molar-refractivity contribution in [1.29, 1.82) is 0 Å². The lowest BCUT2D eigenvalue weighted by molar-refractivity contribution is -0.132. The zero-order chi connectivity index (χ0) is 31.1. The van der Waals surface area contributed by atoms with Crippen LogP contribution in [0, 0.1) is 0 Å². The van der Waals surface area contributed by atoms with E-state index in [0.29, 0.717) is 29.7 Å². The Morgan fingerprint density at radius 3 is 2.38 bits per heavy atom. The number of nitrogens with one attached hydrogen (secondary N) is 1. The lowest BCUT2D eigenvalue weighted by atomic mass is 9.94. The second kappa shape index (κ2) is 18.3. The van der Waals surface area contributed by atoms with Gasteiger partial charge in [0.1, 0.15) is 11.5 Å². The van der Waals surface area contributed by atoms with Gasteiger partial charge in [0, 0.05) is 26.5 Å². The van der Waals surface area contributed by atoms with Gasteiger partial charge in [0.25, 0.3) is 5.91 Å². The summed E-state index contributed by atoms with van der Waals surface area (Å²) in [5.74, 6) is -0.410. The van der Waals surface area contributed by atoms with Crippen LogP contribution < -0.4 is 14.9 Å². The minimum Gasteiger partial charge on any atom is -0.426 e. The predicted octanol–water partition coefficient (Wildman–Crippen LogP) is 7.90. The van der Waals surface area contributed by atoms with E-state index in [1.165, 1.54) is 23.8 Å². The van der Waals surface area contributed by atoms with Gasteiger partial charge < -0.3 is 13.7 Å². The Kier molecular flexibility index (Phi) is 15.2. The molecule has 42 heavy (non-hydrogen) atoms. The molecule has 0 fully saturated rings. The van der Waals surface area contributed by atoms with Crippen molar-refractivity contribution in [3.8, 4) is 11.5 Å². The molecule has 0 unspecified atom stereocenters. The maximum Gasteiger partial charge on any atom is 0.308 e. The number of hydrazine groups is 1. The zero-order valence-electron chi connectivity index (χ0n) is 26.1. The molecule has 0 atom stereocenters. The monoisotopic (exact) mass is 598 g/mol. The van der Waals surface area contributed by atoms with E-state index in [9.17, 15) is 14.4 Å². The predicted molar refractivity (Wildman–Crippen MR) is 169 cm³/mol. The number of benzene rings is 1. The third kappa shape index (κ3) is 12.3. The number of aryl methyl sites for hydroxylation is 1. The van der Waals surface area contributed by atoms with Gasteiger partial charge in [-0.2, -0.15) is 0 Å². The Morgan fingerprint density at radius 1 is 1.02 bits per heavy atom. The number of allylic oxidation sites excluding steroid dienone is 7. The van der Waals surface area contributed by atoms with E-state index in [-0.39, 0.29) is 17.1 Å². The fourth-order valence-corrected chi connectivity index (χ4v) is 4.81. The number of amides is 1. The van der Waals surface area contributed by atoms with E-state index in [1.807, 2.05) is 31.2 Å². The molecule has 0 spiro atoms. The summed E-state index contributed by atoms with van der Waals surface area (Å²) >= 11 is 0.983. The highest BCUT2D eigenvalue weighted by Gasteiger charge is 2.27. The average Bonchev–Trinajstić information content (AvgIpc) is 2.91. The molecular weight excluding hydrogens is 552 g/mol. The summed E-state index contributed by atoms with van der Waals surface area (Å²) in [6.45, 7) is 10.9. The van der Waals surface area contributed by atoms with Crippen molar-refractivity contribution in [3.63, 3.8) is 0 Å². The second-order valence-corrected chi connectivity index (χ2v) is 11.5. The van der Waals surface area contributed by atoms with Gasteiger partial charge in [-0.1, -0.05) is 49.1 Å². The Bertz CT molecular complexity index is 1230. The van der Waals surface area contributed by atoms with Crippen LogP contribution in [-0.2, 0) is 26.6 Å². The van der Waals surface area contributed by atoms with Crippen molar-refractivity contribution in [1.82, 2.24) is 9.84 Å². The molecule has 2 rings (SSSR count). The van der Waals surface area contributed by atoms with Crippen molar-refractivity contribution in [2.45, 2.75) is 99.3 Å². The highest BCUT2D eigenvalue weighted by molar-refractivity contribution is 7.92. The molecule has 0 saturated heterocycles. The lowest BCUT2D eigenvalue weighted by Crippen LogP contribution is -2.36. The molecule has 0 saturated carbocycles. The minimum atomic E-state index is -0.573. The molecular formula is C33H46N2O6S. The van der Waals surface area contributed by atoms with Crippen LogP contribution >= 0.6 is 12.2 Å². The second-order valence-electron chi connectivity index (χ2n) is 10.6. The van der Waals surface area contributed by atoms with Crippen molar-refractivity contribution < 1.29 is 28.0 Å². The molecule has 1 aliphatic rings. The summed E-state index contributed by atoms with van der Waals surface area (Å²) in [5, 5.41) is 0. The Balaban J connectivity index is 2.53. The van der Waals surface area contributed by atoms with Gasteiger partial charge in [0.2, 0.25) is 0 Å². The summed E-state index contributed by atoms with van der Waals surface area (Å²) in [7, 11) is 1.67. The van der Waals surface area contributed by atoms with Crippen LogP contribution in [-0.4, -0.2) is 29.3 Å². The third-order valence-electron chi connectivity index (χ3n) is 6.41. The first-order chi connectivity index (χ1) is 20.0. The molecule has 1 N–H and O–H groups in total. The Labute approximate surface area is 255 Å². The fraction of sp³-hybridized carbons (Fsp3) is 0.485. The minimum absolute atomic E-state index is 0.107. The van der Waals surface area contributed by atoms with Crippen LogP contribution in [0.15, 0.2) is 53.4 Å². The number of carbonyl (C=O) groups excluding carboxylic acids is 3. The smallest absolute Gasteiger partial charge is 0.308 e. The maximum absolute atomic E-state index is 13.8. The first kappa shape index (κ1) is 34.9. The normalized spacial score (nSPS) is 13.0. The van der Waals surface area contributed by atoms with Gasteiger partial charge >= 0.3 is 11.9 Å². The van der Waals surface area contributed by atoms with E-state index in [2.05, 4.69) is 32.3 Å². The highest BCUT2D eigenvalue weighted by Crippen LogP contribution is 2.38. The van der Waals surface area contributed by atoms with Crippen molar-refractivity contribution in [2.24, 2.45) is 0 Å². The van der Waals surface area contributed by atoms with Crippen LogP contribution in [0.3, 0.4) is 0 Å². The van der Waals surface area contributed by atoms with Crippen molar-refractivity contribution >= 4 is 30.1 Å². The molecule has 0 radical (unpaired) electrons. The van der Waals surface area contributed by atoms with Gasteiger partial charge in [0.05, 0.1) is 5.56 Å². The van der Waals surface area contributed by atoms with Gasteiger partial charge in [-0.3, -0.25) is 19.8 Å². The van der Waals surface area contributed by atoms with Crippen LogP contribution in [0.5, 0.6) is 11.5 Å². The van der Waals surface area contributed by atoms with Crippen molar-refractivity contribution in [2.75, 3.05) is 7.05 Å². The quantitative estimate of drug-likeness (QED) is 0.0390. The number of esters is 2. The van der Waals surface area contributed by atoms with Gasteiger partial charge in [-0.15, -0.1) is 4.41 Å². The van der Waals surface area contributed by atoms with E-state index in [4.69, 9.17) is 13.7 Å². The molecule has 8 nitrogen and oxygen atoms in total. The molecule has 1 aliphatic carbocycles. The molecule has 0 bridgehead atoms. The number of carbonyl (C=O) groups is 3. The molecule has 1 amide bonds. The molecule has 0 aromatic heterocycles. The van der Waals surface area contributed by atoms with E-state index in [1.54, 1.807) is 13.1 Å². The van der Waals surface area contributed by atoms with Gasteiger partial charge in [-0.25, -0.2) is 0 Å². The van der Waals surface area contributed by atoms with Crippen molar-refractivity contribution in [3.05, 3.63) is 70.0 Å². The van der Waals surface area contributed by atoms with Gasteiger partial charge in [-0.05, 0) is 89.5 Å². The molecule has 1 aromatic carbocycles. The molecule has 0 aliphatic heterocycles. The number of unbranched alkanes of at least 4 members (excludes halogenated alkanes) is 2. The average molecular weight is 599 g/mol. The summed E-state index contributed by atoms with van der Waals surface area (Å²) in [4.78, 5) is 38.3. The number of ether oxygens (including phenoxy) is 2. The summed E-state index contributed by atoms with van der Waals surface area (Å²) in [6, 6.07) is 1.74. The van der Waals surface area contributed by atoms with E-state index in [0.717, 1.165) is 62.7 Å². The SMILES string of the molecule is CCCCCc1cc(OC(C)=O)c(C/C=C(\C)CCC=C(C)C)c(OC(C)=O)c1C(=O)NN(C)SOC1=CCCC=C1. The maximum atomic E-state index is 13.8. The third-order valence-corrected chi connectivity index (χ3v) is 6.99. The standard InChI is InChI=1S/C33H46N2O6S/c1-8-9-11-17-27-22-30(39-25(5)36)29(21-20-24(4)16-14-15-23(2)3)32(40-26(6)37)31(27)33(38)34-35(7)42-41-28-18-12-10-13-19-28/h12,15,18-20,22H,8-11,13-14,16-17,21H2,1-7H3,(H,34,38)/b24-20+. The summed E-state index contributed by atoms with van der Waals surface area (Å²) < 4.78 is 18.6. The first-order valence-corrected chi connectivity index (χ1v) is 15.3. The fourth-order valence-electron chi connectivity index (χ4n) is 4.37. The topological polar surface area (TPSA) is 94.2 Å². The summed E-state index contributed by atoms with van der Waals surface area (Å²) in [6.07, 6.45) is 17.4. The van der Waals surface area contributed by atoms with E-state index >= 15 is 0 Å². The van der Waals surface area contributed by atoms with Crippen LogP contribution in [0.25, 0.3) is 0 Å². The van der Waals surface area contributed by atoms with E-state index < -0.39 is 17.8 Å². The van der Waals surface area contributed by atoms with Gasteiger partial charge in [0.15, 0.2) is 18.0 Å². The number of hydrogen-bond donors (Lipinski definition) is 1. The van der Waals surface area contributed by atoms with Crippen LogP contribution in [0.2, 0.25) is 0 Å². The number of nitrogens with zero attached hydrogens (tertiary/aromatic N) is 1. The molecule has 0 heterocycles. The number of hydrogen-bond acceptors (Lipinski definition) is 8. The Morgan fingerprint density at radius 2 is 1.76 bits per heavy atom. The largest absolute Gasteiger partial charge is 0.426 e. The van der Waals surface area contributed by atoms with Crippen LogP contribution in [0.4, 0.5) is 0 Å². The Hall–Kier alpha value is -3.30. The van der Waals surface area contributed by atoms with Crippen LogP contribution in [0.1, 0.15) is 108 Å².